The number of hydrogen-bond donors (Lipinski definition) is 1. The zero-order chi connectivity index (χ0) is 22.5. The average Bonchev–Trinajstić information content (AvgIpc) is 3.31. The summed E-state index contributed by atoms with van der Waals surface area (Å²) in [6.07, 6.45) is 0.714. The number of nitrogens with one attached hydrogen (secondary N) is 1. The van der Waals surface area contributed by atoms with Crippen molar-refractivity contribution in [3.8, 4) is 17.1 Å². The van der Waals surface area contributed by atoms with Gasteiger partial charge >= 0.3 is 6.03 Å². The number of carbonyl (C=O) groups excluding carboxylic acids is 1. The Balaban J connectivity index is 1.74. The van der Waals surface area contributed by atoms with Crippen LogP contribution in [0.4, 0.5) is 4.79 Å². The fraction of sp³-hybridized carbons (Fsp3) is 0.292. The van der Waals surface area contributed by atoms with E-state index in [2.05, 4.69) is 15.5 Å². The van der Waals surface area contributed by atoms with Crippen LogP contribution in [0.25, 0.3) is 17.0 Å². The first-order valence-electron chi connectivity index (χ1n) is 10.4. The number of carbonyl (C=O) groups is 1. The zero-order valence-corrected chi connectivity index (χ0v) is 18.4. The molecule has 2 heterocycles. The van der Waals surface area contributed by atoms with Gasteiger partial charge in [-0.15, -0.1) is 0 Å². The van der Waals surface area contributed by atoms with Crippen LogP contribution in [0.3, 0.4) is 0 Å². The molecule has 1 aromatic heterocycles. The van der Waals surface area contributed by atoms with Gasteiger partial charge in [-0.25, -0.2) is 4.79 Å². The Labute approximate surface area is 186 Å². The molecule has 0 fully saturated rings. The second-order valence-electron chi connectivity index (χ2n) is 7.44. The lowest BCUT2D eigenvalue weighted by molar-refractivity contribution is 0.174. The van der Waals surface area contributed by atoms with E-state index in [-0.39, 0.29) is 6.03 Å². The zero-order valence-electron chi connectivity index (χ0n) is 18.4. The lowest BCUT2D eigenvalue weighted by Gasteiger charge is -2.35. The number of hydrogen-bond acceptors (Lipinski definition) is 6. The van der Waals surface area contributed by atoms with E-state index in [0.717, 1.165) is 28.1 Å². The second-order valence-corrected chi connectivity index (χ2v) is 7.44. The van der Waals surface area contributed by atoms with Gasteiger partial charge in [-0.1, -0.05) is 35.5 Å². The molecular formula is C24H26N4O4. The van der Waals surface area contributed by atoms with Crippen LogP contribution in [0.2, 0.25) is 0 Å². The third-order valence-electron chi connectivity index (χ3n) is 5.46. The van der Waals surface area contributed by atoms with Gasteiger partial charge in [-0.2, -0.15) is 4.98 Å². The maximum atomic E-state index is 12.9. The molecule has 1 N–H and O–H groups in total. The Kier molecular flexibility index (Phi) is 6.51. The summed E-state index contributed by atoms with van der Waals surface area (Å²) in [5.41, 5.74) is 3.31. The molecule has 2 amide bonds. The van der Waals surface area contributed by atoms with Crippen LogP contribution in [0, 0.1) is 0 Å². The maximum absolute atomic E-state index is 12.9. The topological polar surface area (TPSA) is 89.7 Å². The number of allylic oxidation sites excluding steroid dienone is 1. The summed E-state index contributed by atoms with van der Waals surface area (Å²) in [5.74, 6) is 1.60. The molecule has 166 valence electrons. The molecule has 8 heteroatoms. The van der Waals surface area contributed by atoms with Gasteiger partial charge in [0, 0.05) is 31.5 Å². The molecule has 32 heavy (non-hydrogen) atoms. The summed E-state index contributed by atoms with van der Waals surface area (Å²) in [5, 5.41) is 7.28. The predicted octanol–water partition coefficient (Wildman–Crippen LogP) is 4.28. The Hall–Kier alpha value is -3.65. The molecule has 1 aliphatic rings. The number of methoxy groups -OCH3 is 2. The Morgan fingerprint density at radius 3 is 2.53 bits per heavy atom. The van der Waals surface area contributed by atoms with Crippen molar-refractivity contribution in [2.45, 2.75) is 19.4 Å². The number of nitrogens with zero attached hydrogens (tertiary/aromatic N) is 3. The van der Waals surface area contributed by atoms with Crippen LogP contribution >= 0.6 is 0 Å². The van der Waals surface area contributed by atoms with Gasteiger partial charge in [-0.05, 0) is 43.2 Å². The van der Waals surface area contributed by atoms with Crippen molar-refractivity contribution < 1.29 is 18.8 Å². The van der Waals surface area contributed by atoms with E-state index in [4.69, 9.17) is 14.0 Å². The van der Waals surface area contributed by atoms with E-state index in [9.17, 15) is 4.79 Å². The largest absolute Gasteiger partial charge is 0.497 e. The van der Waals surface area contributed by atoms with E-state index in [1.807, 2.05) is 61.5 Å². The summed E-state index contributed by atoms with van der Waals surface area (Å²) in [4.78, 5) is 19.3. The molecule has 8 nitrogen and oxygen atoms in total. The molecule has 0 radical (unpaired) electrons. The molecule has 0 aliphatic carbocycles. The normalized spacial score (nSPS) is 16.3. The fourth-order valence-corrected chi connectivity index (χ4v) is 3.78. The molecule has 2 aromatic carbocycles. The van der Waals surface area contributed by atoms with Crippen LogP contribution in [0.5, 0.6) is 5.75 Å². The van der Waals surface area contributed by atoms with Crippen LogP contribution in [0.1, 0.15) is 30.8 Å². The van der Waals surface area contributed by atoms with Crippen LogP contribution in [0.15, 0.2) is 64.8 Å². The number of aromatic nitrogens is 2. The average molecular weight is 434 g/mol. The van der Waals surface area contributed by atoms with Gasteiger partial charge in [-0.3, -0.25) is 4.90 Å². The maximum Gasteiger partial charge on any atom is 0.322 e. The van der Waals surface area contributed by atoms with Gasteiger partial charge in [0.25, 0.3) is 5.89 Å². The van der Waals surface area contributed by atoms with Gasteiger partial charge in [0.1, 0.15) is 5.75 Å². The summed E-state index contributed by atoms with van der Waals surface area (Å²) in [6.45, 7) is 3.00. The molecule has 0 saturated carbocycles. The van der Waals surface area contributed by atoms with E-state index in [1.54, 1.807) is 19.1 Å². The van der Waals surface area contributed by atoms with Crippen LogP contribution in [-0.2, 0) is 4.74 Å². The van der Waals surface area contributed by atoms with E-state index < -0.39 is 6.04 Å². The van der Waals surface area contributed by atoms with Crippen molar-refractivity contribution in [2.75, 3.05) is 27.4 Å². The predicted molar refractivity (Wildman–Crippen MR) is 120 cm³/mol. The van der Waals surface area contributed by atoms with Crippen molar-refractivity contribution in [1.82, 2.24) is 20.4 Å². The molecule has 4 rings (SSSR count). The van der Waals surface area contributed by atoms with Gasteiger partial charge < -0.3 is 19.3 Å². The molecule has 1 atom stereocenters. The van der Waals surface area contributed by atoms with Crippen molar-refractivity contribution in [3.63, 3.8) is 0 Å². The first kappa shape index (κ1) is 21.6. The highest BCUT2D eigenvalue weighted by Crippen LogP contribution is 2.37. The third kappa shape index (κ3) is 4.36. The Morgan fingerprint density at radius 1 is 1.09 bits per heavy atom. The second kappa shape index (κ2) is 9.65. The fourth-order valence-electron chi connectivity index (χ4n) is 3.78. The highest BCUT2D eigenvalue weighted by Gasteiger charge is 2.35. The number of benzene rings is 2. The monoisotopic (exact) mass is 434 g/mol. The highest BCUT2D eigenvalue weighted by atomic mass is 16.5. The van der Waals surface area contributed by atoms with Gasteiger partial charge in [0.05, 0.1) is 18.7 Å². The van der Waals surface area contributed by atoms with Gasteiger partial charge in [0.15, 0.2) is 0 Å². The van der Waals surface area contributed by atoms with Crippen molar-refractivity contribution >= 4 is 11.6 Å². The van der Waals surface area contributed by atoms with Crippen molar-refractivity contribution in [2.24, 2.45) is 0 Å². The first-order valence-corrected chi connectivity index (χ1v) is 10.4. The molecule has 1 aliphatic heterocycles. The quantitative estimate of drug-likeness (QED) is 0.532. The summed E-state index contributed by atoms with van der Waals surface area (Å²) < 4.78 is 16.1. The minimum absolute atomic E-state index is 0.161. The smallest absolute Gasteiger partial charge is 0.322 e. The molecule has 0 spiro atoms. The SMILES string of the molecule is COCCCN1C(=O)NC(c2ccccc2)C(c2nc(-c3ccc(OC)cc3)no2)=C1C. The molecular weight excluding hydrogens is 408 g/mol. The Morgan fingerprint density at radius 2 is 1.84 bits per heavy atom. The first-order chi connectivity index (χ1) is 15.6. The number of ether oxygens (including phenoxy) is 2. The lowest BCUT2D eigenvalue weighted by atomic mass is 9.94. The Bertz CT molecular complexity index is 1090. The van der Waals surface area contributed by atoms with Crippen molar-refractivity contribution in [1.29, 1.82) is 0 Å². The van der Waals surface area contributed by atoms with Crippen LogP contribution in [-0.4, -0.2) is 48.4 Å². The van der Waals surface area contributed by atoms with Crippen molar-refractivity contribution in [3.05, 3.63) is 71.7 Å². The van der Waals surface area contributed by atoms with E-state index >= 15 is 0 Å². The molecule has 0 saturated heterocycles. The minimum Gasteiger partial charge on any atom is -0.497 e. The number of rotatable bonds is 8. The van der Waals surface area contributed by atoms with E-state index in [0.29, 0.717) is 31.3 Å². The minimum atomic E-state index is -0.397. The summed E-state index contributed by atoms with van der Waals surface area (Å²) in [6, 6.07) is 16.7. The number of amides is 2. The summed E-state index contributed by atoms with van der Waals surface area (Å²) in [7, 11) is 3.27. The van der Waals surface area contributed by atoms with Gasteiger partial charge in [0.2, 0.25) is 5.82 Å². The molecule has 1 unspecified atom stereocenters. The van der Waals surface area contributed by atoms with Crippen LogP contribution < -0.4 is 10.1 Å². The standard InChI is InChI=1S/C24H26N4O4/c1-16-20(23-26-22(27-32-23)18-10-12-19(31-3)13-11-18)21(17-8-5-4-6-9-17)25-24(29)28(16)14-7-15-30-2/h4-6,8-13,21H,7,14-15H2,1-3H3,(H,25,29). The molecule has 3 aromatic rings. The highest BCUT2D eigenvalue weighted by molar-refractivity contribution is 5.86. The number of urea groups is 1. The molecule has 0 bridgehead atoms. The summed E-state index contributed by atoms with van der Waals surface area (Å²) >= 11 is 0. The lowest BCUT2D eigenvalue weighted by Crippen LogP contribution is -2.46. The third-order valence-corrected chi connectivity index (χ3v) is 5.46. The van der Waals surface area contributed by atoms with E-state index in [1.165, 1.54) is 0 Å².